The summed E-state index contributed by atoms with van der Waals surface area (Å²) >= 11 is 0. The van der Waals surface area contributed by atoms with Crippen LogP contribution in [0, 0.1) is 5.82 Å². The lowest BCUT2D eigenvalue weighted by Gasteiger charge is -2.26. The fourth-order valence-electron chi connectivity index (χ4n) is 4.40. The molecule has 8 heteroatoms. The minimum atomic E-state index is -0.818. The number of halogens is 1. The van der Waals surface area contributed by atoms with Gasteiger partial charge in [0.05, 0.1) is 23.6 Å². The van der Waals surface area contributed by atoms with Gasteiger partial charge in [0.25, 0.3) is 0 Å². The van der Waals surface area contributed by atoms with Crippen molar-refractivity contribution in [3.05, 3.63) is 90.1 Å². The summed E-state index contributed by atoms with van der Waals surface area (Å²) in [7, 11) is 3.79. The van der Waals surface area contributed by atoms with Crippen LogP contribution in [0.15, 0.2) is 73.1 Å². The SMILES string of the molecule is CN(C)/C=C/C(O)c1cccc(-c2cnc3ccc(N4CCC[C@@H]4c4cccc(F)c4)nn23)n1. The molecule has 1 aliphatic heterocycles. The maximum atomic E-state index is 13.9. The predicted octanol–water partition coefficient (Wildman–Crippen LogP) is 4.38. The molecule has 1 aliphatic rings. The number of aliphatic hydroxyl groups is 1. The van der Waals surface area contributed by atoms with Crippen molar-refractivity contribution in [3.8, 4) is 11.4 Å². The van der Waals surface area contributed by atoms with Crippen LogP contribution in [0.3, 0.4) is 0 Å². The lowest BCUT2D eigenvalue weighted by atomic mass is 10.0. The Balaban J connectivity index is 1.49. The molecule has 1 fully saturated rings. The highest BCUT2D eigenvalue weighted by atomic mass is 19.1. The molecule has 4 heterocycles. The van der Waals surface area contributed by atoms with E-state index in [4.69, 9.17) is 5.10 Å². The van der Waals surface area contributed by atoms with Gasteiger partial charge in [-0.1, -0.05) is 18.2 Å². The molecular weight excluding hydrogens is 431 g/mol. The van der Waals surface area contributed by atoms with Crippen molar-refractivity contribution in [2.75, 3.05) is 25.5 Å². The lowest BCUT2D eigenvalue weighted by molar-refractivity contribution is 0.222. The summed E-state index contributed by atoms with van der Waals surface area (Å²) in [5.41, 5.74) is 3.63. The quantitative estimate of drug-likeness (QED) is 0.462. The number of fused-ring (bicyclic) bond motifs is 1. The molecule has 0 amide bonds. The van der Waals surface area contributed by atoms with Crippen molar-refractivity contribution >= 4 is 11.5 Å². The molecular formula is C26H27FN6O. The highest BCUT2D eigenvalue weighted by Gasteiger charge is 2.28. The molecule has 5 rings (SSSR count). The van der Waals surface area contributed by atoms with E-state index in [1.54, 1.807) is 41.2 Å². The molecule has 0 saturated carbocycles. The number of anilines is 1. The van der Waals surface area contributed by atoms with Crippen molar-refractivity contribution < 1.29 is 9.50 Å². The number of imidazole rings is 1. The summed E-state index contributed by atoms with van der Waals surface area (Å²) in [6.07, 6.45) is 6.38. The molecule has 4 aromatic rings. The Bertz CT molecular complexity index is 1330. The number of benzene rings is 1. The fraction of sp³-hybridized carbons (Fsp3) is 0.269. The van der Waals surface area contributed by atoms with Gasteiger partial charge in [0.15, 0.2) is 5.65 Å². The molecule has 2 atom stereocenters. The average molecular weight is 459 g/mol. The molecule has 0 aliphatic carbocycles. The third-order valence-corrected chi connectivity index (χ3v) is 6.03. The summed E-state index contributed by atoms with van der Waals surface area (Å²) in [6, 6.07) is 16.3. The molecule has 34 heavy (non-hydrogen) atoms. The molecule has 0 bridgehead atoms. The Labute approximate surface area is 197 Å². The van der Waals surface area contributed by atoms with Gasteiger partial charge in [-0.25, -0.2) is 18.9 Å². The molecule has 1 unspecified atom stereocenters. The van der Waals surface area contributed by atoms with Crippen LogP contribution in [-0.2, 0) is 0 Å². The predicted molar refractivity (Wildman–Crippen MR) is 130 cm³/mol. The molecule has 1 N–H and O–H groups in total. The number of aromatic nitrogens is 4. The van der Waals surface area contributed by atoms with E-state index in [1.807, 2.05) is 49.3 Å². The second-order valence-corrected chi connectivity index (χ2v) is 8.71. The number of hydrogen-bond acceptors (Lipinski definition) is 6. The number of hydrogen-bond donors (Lipinski definition) is 1. The first-order chi connectivity index (χ1) is 16.5. The van der Waals surface area contributed by atoms with E-state index >= 15 is 0 Å². The first kappa shape index (κ1) is 22.0. The van der Waals surface area contributed by atoms with Gasteiger partial charge in [-0.05, 0) is 67.1 Å². The van der Waals surface area contributed by atoms with E-state index < -0.39 is 6.10 Å². The van der Waals surface area contributed by atoms with Crippen molar-refractivity contribution in [1.82, 2.24) is 24.5 Å². The molecule has 3 aromatic heterocycles. The largest absolute Gasteiger partial charge is 0.384 e. The second kappa shape index (κ2) is 9.23. The number of rotatable bonds is 6. The van der Waals surface area contributed by atoms with Crippen LogP contribution in [0.5, 0.6) is 0 Å². The molecule has 174 valence electrons. The van der Waals surface area contributed by atoms with E-state index in [-0.39, 0.29) is 11.9 Å². The van der Waals surface area contributed by atoms with Gasteiger partial charge in [0.2, 0.25) is 0 Å². The zero-order chi connectivity index (χ0) is 23.7. The summed E-state index contributed by atoms with van der Waals surface area (Å²) < 4.78 is 15.6. The van der Waals surface area contributed by atoms with Crippen molar-refractivity contribution in [1.29, 1.82) is 0 Å². The standard InChI is InChI=1S/C26H27FN6O/c1-31(2)15-13-24(34)21-9-4-8-20(29-21)23-17-28-25-11-12-26(30-33(23)25)32-14-5-10-22(32)18-6-3-7-19(27)16-18/h3-4,6-9,11-13,15-17,22,24,34H,5,10,14H2,1-2H3/b15-13+/t22-,24?/m1/s1. The highest BCUT2D eigenvalue weighted by molar-refractivity contribution is 5.61. The van der Waals surface area contributed by atoms with Crippen LogP contribution in [0.4, 0.5) is 10.2 Å². The van der Waals surface area contributed by atoms with Crippen LogP contribution in [0.2, 0.25) is 0 Å². The van der Waals surface area contributed by atoms with Gasteiger partial charge in [-0.15, -0.1) is 5.10 Å². The monoisotopic (exact) mass is 458 g/mol. The molecule has 0 radical (unpaired) electrons. The molecule has 1 saturated heterocycles. The highest BCUT2D eigenvalue weighted by Crippen LogP contribution is 2.35. The summed E-state index contributed by atoms with van der Waals surface area (Å²) in [5, 5.41) is 15.4. The van der Waals surface area contributed by atoms with E-state index in [1.165, 1.54) is 6.07 Å². The molecule has 0 spiro atoms. The van der Waals surface area contributed by atoms with E-state index in [9.17, 15) is 9.50 Å². The maximum absolute atomic E-state index is 13.9. The van der Waals surface area contributed by atoms with Crippen molar-refractivity contribution in [3.63, 3.8) is 0 Å². The van der Waals surface area contributed by atoms with Crippen LogP contribution in [-0.4, -0.2) is 50.2 Å². The summed E-state index contributed by atoms with van der Waals surface area (Å²) in [6.45, 7) is 0.849. The van der Waals surface area contributed by atoms with Crippen LogP contribution < -0.4 is 4.90 Å². The molecule has 7 nitrogen and oxygen atoms in total. The summed E-state index contributed by atoms with van der Waals surface area (Å²) in [5.74, 6) is 0.585. The first-order valence-electron chi connectivity index (χ1n) is 11.4. The van der Waals surface area contributed by atoms with E-state index in [0.29, 0.717) is 17.0 Å². The number of pyridine rings is 1. The Morgan fingerprint density at radius 1 is 1.15 bits per heavy atom. The van der Waals surface area contributed by atoms with Crippen molar-refractivity contribution in [2.45, 2.75) is 25.0 Å². The second-order valence-electron chi connectivity index (χ2n) is 8.71. The third kappa shape index (κ3) is 4.36. The van der Waals surface area contributed by atoms with Gasteiger partial charge in [0.1, 0.15) is 23.4 Å². The van der Waals surface area contributed by atoms with Gasteiger partial charge in [-0.3, -0.25) is 0 Å². The minimum Gasteiger partial charge on any atom is -0.384 e. The van der Waals surface area contributed by atoms with Gasteiger partial charge >= 0.3 is 0 Å². The van der Waals surface area contributed by atoms with Crippen LogP contribution in [0.25, 0.3) is 17.0 Å². The fourth-order valence-corrected chi connectivity index (χ4v) is 4.40. The Hall–Kier alpha value is -3.78. The van der Waals surface area contributed by atoms with E-state index in [2.05, 4.69) is 14.9 Å². The number of nitrogens with zero attached hydrogens (tertiary/aromatic N) is 6. The van der Waals surface area contributed by atoms with Gasteiger partial charge in [-0.2, -0.15) is 0 Å². The van der Waals surface area contributed by atoms with Crippen molar-refractivity contribution in [2.24, 2.45) is 0 Å². The minimum absolute atomic E-state index is 0.0766. The van der Waals surface area contributed by atoms with Crippen LogP contribution in [0.1, 0.15) is 36.2 Å². The third-order valence-electron chi connectivity index (χ3n) is 6.03. The Morgan fingerprint density at radius 3 is 2.82 bits per heavy atom. The zero-order valence-electron chi connectivity index (χ0n) is 19.2. The lowest BCUT2D eigenvalue weighted by Crippen LogP contribution is -2.24. The van der Waals surface area contributed by atoms with E-state index in [0.717, 1.165) is 36.5 Å². The van der Waals surface area contributed by atoms with Gasteiger partial charge < -0.3 is 14.9 Å². The zero-order valence-corrected chi connectivity index (χ0v) is 19.2. The van der Waals surface area contributed by atoms with Crippen LogP contribution >= 0.6 is 0 Å². The van der Waals surface area contributed by atoms with Gasteiger partial charge in [0, 0.05) is 20.6 Å². The maximum Gasteiger partial charge on any atom is 0.154 e. The number of aliphatic hydroxyl groups excluding tert-OH is 1. The Kier molecular flexibility index (Phi) is 5.98. The Morgan fingerprint density at radius 2 is 2.00 bits per heavy atom. The molecule has 1 aromatic carbocycles. The first-order valence-corrected chi connectivity index (χ1v) is 11.4. The normalized spacial score (nSPS) is 17.1. The average Bonchev–Trinajstić information content (AvgIpc) is 3.49. The summed E-state index contributed by atoms with van der Waals surface area (Å²) in [4.78, 5) is 13.2. The topological polar surface area (TPSA) is 69.8 Å². The smallest absolute Gasteiger partial charge is 0.154 e.